The van der Waals surface area contributed by atoms with Crippen molar-refractivity contribution in [3.63, 3.8) is 0 Å². The average molecular weight is 507 g/mol. The summed E-state index contributed by atoms with van der Waals surface area (Å²) in [6.07, 6.45) is 1.76. The van der Waals surface area contributed by atoms with Crippen LogP contribution in [0.3, 0.4) is 0 Å². The molecule has 1 N–H and O–H groups in total. The third kappa shape index (κ3) is 6.04. The number of hydrogen-bond acceptors (Lipinski definition) is 7. The van der Waals surface area contributed by atoms with Gasteiger partial charge in [-0.1, -0.05) is 26.0 Å². The van der Waals surface area contributed by atoms with Gasteiger partial charge in [-0.3, -0.25) is 9.79 Å². The molecule has 0 saturated carbocycles. The highest BCUT2D eigenvalue weighted by Crippen LogP contribution is 2.33. The van der Waals surface area contributed by atoms with Crippen LogP contribution in [0.4, 0.5) is 5.69 Å². The first-order valence-electron chi connectivity index (χ1n) is 11.6. The highest BCUT2D eigenvalue weighted by atomic mass is 32.1. The van der Waals surface area contributed by atoms with Crippen LogP contribution < -0.4 is 24.3 Å². The average Bonchev–Trinajstić information content (AvgIpc) is 3.27. The zero-order valence-corrected chi connectivity index (χ0v) is 21.7. The maximum atomic E-state index is 11.8. The van der Waals surface area contributed by atoms with Crippen LogP contribution in [0.25, 0.3) is 11.3 Å². The van der Waals surface area contributed by atoms with E-state index in [1.807, 2.05) is 48.7 Å². The molecule has 0 aliphatic carbocycles. The number of carbonyl (C=O) groups is 1. The van der Waals surface area contributed by atoms with Crippen LogP contribution in [0, 0.1) is 5.92 Å². The molecule has 1 aliphatic rings. The van der Waals surface area contributed by atoms with Crippen LogP contribution >= 0.6 is 11.3 Å². The SMILES string of the molecule is C=C(C)CN=c1scc(-c2ccc3c(c2)NC(=O)CO3)n1N=Cc1ccc(OCC(C)C)c(OC)c1. The molecule has 2 heterocycles. The minimum Gasteiger partial charge on any atom is -0.493 e. The van der Waals surface area contributed by atoms with E-state index in [0.29, 0.717) is 42.0 Å². The lowest BCUT2D eigenvalue weighted by Crippen LogP contribution is -2.25. The van der Waals surface area contributed by atoms with Crippen molar-refractivity contribution in [3.8, 4) is 28.5 Å². The number of nitrogens with one attached hydrogen (secondary N) is 1. The molecular weight excluding hydrogens is 476 g/mol. The number of anilines is 1. The van der Waals surface area contributed by atoms with E-state index in [1.165, 1.54) is 11.3 Å². The summed E-state index contributed by atoms with van der Waals surface area (Å²) >= 11 is 1.48. The van der Waals surface area contributed by atoms with Gasteiger partial charge in [-0.05, 0) is 54.8 Å². The van der Waals surface area contributed by atoms with E-state index in [4.69, 9.17) is 19.3 Å². The van der Waals surface area contributed by atoms with Gasteiger partial charge >= 0.3 is 0 Å². The topological polar surface area (TPSA) is 86.4 Å². The van der Waals surface area contributed by atoms with Gasteiger partial charge in [0.1, 0.15) is 5.75 Å². The van der Waals surface area contributed by atoms with Crippen molar-refractivity contribution in [2.75, 3.05) is 32.2 Å². The molecule has 0 atom stereocenters. The van der Waals surface area contributed by atoms with Crippen molar-refractivity contribution in [3.05, 3.63) is 64.3 Å². The van der Waals surface area contributed by atoms with Crippen LogP contribution in [0.5, 0.6) is 17.2 Å². The van der Waals surface area contributed by atoms with E-state index in [9.17, 15) is 4.79 Å². The molecule has 0 unspecified atom stereocenters. The summed E-state index contributed by atoms with van der Waals surface area (Å²) in [5, 5.41) is 9.61. The Hall–Kier alpha value is -3.85. The summed E-state index contributed by atoms with van der Waals surface area (Å²) in [5.74, 6) is 2.22. The fourth-order valence-corrected chi connectivity index (χ4v) is 4.26. The van der Waals surface area contributed by atoms with Gasteiger partial charge in [-0.2, -0.15) is 5.10 Å². The molecule has 1 amide bonds. The number of amides is 1. The molecule has 0 fully saturated rings. The number of fused-ring (bicyclic) bond motifs is 1. The van der Waals surface area contributed by atoms with E-state index in [2.05, 4.69) is 30.7 Å². The predicted molar refractivity (Wildman–Crippen MR) is 143 cm³/mol. The minimum absolute atomic E-state index is 0.0176. The highest BCUT2D eigenvalue weighted by molar-refractivity contribution is 7.07. The Balaban J connectivity index is 1.71. The molecule has 1 aromatic heterocycles. The number of benzene rings is 2. The summed E-state index contributed by atoms with van der Waals surface area (Å²) in [6, 6.07) is 11.4. The first-order valence-corrected chi connectivity index (χ1v) is 12.5. The number of methoxy groups -OCH3 is 1. The summed E-state index contributed by atoms with van der Waals surface area (Å²) in [7, 11) is 1.62. The van der Waals surface area contributed by atoms with E-state index < -0.39 is 0 Å². The number of thiazole rings is 1. The zero-order chi connectivity index (χ0) is 25.7. The molecule has 0 bridgehead atoms. The first-order chi connectivity index (χ1) is 17.3. The lowest BCUT2D eigenvalue weighted by molar-refractivity contribution is -0.118. The summed E-state index contributed by atoms with van der Waals surface area (Å²) in [5.41, 5.74) is 4.15. The lowest BCUT2D eigenvalue weighted by atomic mass is 10.1. The lowest BCUT2D eigenvalue weighted by Gasteiger charge is -2.18. The van der Waals surface area contributed by atoms with Gasteiger partial charge in [-0.15, -0.1) is 11.3 Å². The Morgan fingerprint density at radius 1 is 1.28 bits per heavy atom. The molecule has 4 rings (SSSR count). The van der Waals surface area contributed by atoms with Crippen molar-refractivity contribution in [2.45, 2.75) is 20.8 Å². The monoisotopic (exact) mass is 506 g/mol. The molecule has 188 valence electrons. The number of nitrogens with zero attached hydrogens (tertiary/aromatic N) is 3. The van der Waals surface area contributed by atoms with Gasteiger partial charge in [0.25, 0.3) is 5.91 Å². The molecule has 9 heteroatoms. The number of ether oxygens (including phenoxy) is 3. The van der Waals surface area contributed by atoms with Gasteiger partial charge in [0.15, 0.2) is 18.1 Å². The standard InChI is InChI=1S/C27H30N4O4S/c1-17(2)12-28-27-31(29-13-19-6-8-24(25(10-19)33-5)34-14-18(3)4)22(16-36-27)20-7-9-23-21(11-20)30-26(32)15-35-23/h6-11,13,16,18H,1,12,14-15H2,2-5H3,(H,30,32). The summed E-state index contributed by atoms with van der Waals surface area (Å²) in [4.78, 5) is 17.2. The Kier molecular flexibility index (Phi) is 7.90. The molecule has 3 aromatic rings. The van der Waals surface area contributed by atoms with Crippen molar-refractivity contribution in [2.24, 2.45) is 16.0 Å². The molecule has 2 aromatic carbocycles. The highest BCUT2D eigenvalue weighted by Gasteiger charge is 2.18. The van der Waals surface area contributed by atoms with E-state index in [1.54, 1.807) is 18.0 Å². The molecular formula is C27H30N4O4S. The molecule has 36 heavy (non-hydrogen) atoms. The van der Waals surface area contributed by atoms with Crippen LogP contribution in [0.15, 0.2) is 64.0 Å². The van der Waals surface area contributed by atoms with E-state index >= 15 is 0 Å². The fourth-order valence-electron chi connectivity index (χ4n) is 3.43. The molecule has 8 nitrogen and oxygen atoms in total. The van der Waals surface area contributed by atoms with Gasteiger partial charge < -0.3 is 19.5 Å². The first kappa shape index (κ1) is 25.2. The maximum Gasteiger partial charge on any atom is 0.262 e. The van der Waals surface area contributed by atoms with Crippen LogP contribution in [0.2, 0.25) is 0 Å². The Bertz CT molecular complexity index is 1370. The molecule has 0 radical (unpaired) electrons. The van der Waals surface area contributed by atoms with E-state index in [0.717, 1.165) is 27.2 Å². The van der Waals surface area contributed by atoms with Gasteiger partial charge in [-0.25, -0.2) is 4.68 Å². The van der Waals surface area contributed by atoms with Crippen LogP contribution in [0.1, 0.15) is 26.3 Å². The Morgan fingerprint density at radius 3 is 2.86 bits per heavy atom. The second kappa shape index (κ2) is 11.3. The molecule has 0 saturated heterocycles. The largest absolute Gasteiger partial charge is 0.493 e. The number of carbonyl (C=O) groups excluding carboxylic acids is 1. The third-order valence-electron chi connectivity index (χ3n) is 5.16. The van der Waals surface area contributed by atoms with E-state index in [-0.39, 0.29) is 12.5 Å². The van der Waals surface area contributed by atoms with Gasteiger partial charge in [0.05, 0.1) is 37.9 Å². The van der Waals surface area contributed by atoms with Crippen molar-refractivity contribution >= 4 is 29.1 Å². The predicted octanol–water partition coefficient (Wildman–Crippen LogP) is 4.95. The van der Waals surface area contributed by atoms with Gasteiger partial charge in [0.2, 0.25) is 4.80 Å². The third-order valence-corrected chi connectivity index (χ3v) is 6.01. The van der Waals surface area contributed by atoms with Crippen molar-refractivity contribution < 1.29 is 19.0 Å². The van der Waals surface area contributed by atoms with Gasteiger partial charge in [0, 0.05) is 10.9 Å². The summed E-state index contributed by atoms with van der Waals surface area (Å²) < 4.78 is 18.7. The maximum absolute atomic E-state index is 11.8. The quantitative estimate of drug-likeness (QED) is 0.329. The second-order valence-corrected chi connectivity index (χ2v) is 9.73. The fraction of sp³-hybridized carbons (Fsp3) is 0.296. The number of rotatable bonds is 9. The minimum atomic E-state index is -0.178. The number of hydrogen-bond donors (Lipinski definition) is 1. The summed E-state index contributed by atoms with van der Waals surface area (Å²) in [6.45, 7) is 11.2. The molecule has 0 spiro atoms. The number of aromatic nitrogens is 1. The van der Waals surface area contributed by atoms with Crippen LogP contribution in [-0.2, 0) is 4.79 Å². The second-order valence-electron chi connectivity index (χ2n) is 8.90. The molecule has 1 aliphatic heterocycles. The normalized spacial score (nSPS) is 13.5. The zero-order valence-electron chi connectivity index (χ0n) is 20.9. The van der Waals surface area contributed by atoms with Crippen molar-refractivity contribution in [1.82, 2.24) is 4.68 Å². The van der Waals surface area contributed by atoms with Crippen LogP contribution in [-0.4, -0.2) is 43.7 Å². The Morgan fingerprint density at radius 2 is 2.11 bits per heavy atom. The Labute approximate surface area is 214 Å². The van der Waals surface area contributed by atoms with Crippen molar-refractivity contribution in [1.29, 1.82) is 0 Å². The smallest absolute Gasteiger partial charge is 0.262 e.